The monoisotopic (exact) mass is 418 g/mol. The van der Waals surface area contributed by atoms with Crippen molar-refractivity contribution in [1.29, 1.82) is 0 Å². The number of hydrogen-bond donors (Lipinski definition) is 0. The van der Waals surface area contributed by atoms with Crippen molar-refractivity contribution in [2.45, 2.75) is 11.3 Å². The number of sulfonamides is 2. The fourth-order valence-corrected chi connectivity index (χ4v) is 6.52. The van der Waals surface area contributed by atoms with Crippen LogP contribution in [0.4, 0.5) is 0 Å². The minimum atomic E-state index is -3.65. The molecular weight excluding hydrogens is 392 g/mol. The van der Waals surface area contributed by atoms with Gasteiger partial charge in [0.05, 0.1) is 24.9 Å². The summed E-state index contributed by atoms with van der Waals surface area (Å²) in [6.07, 6.45) is 1.75. The Morgan fingerprint density at radius 1 is 1.07 bits per heavy atom. The number of piperidine rings is 1. The second kappa shape index (κ2) is 7.32. The maximum atomic E-state index is 13.0. The van der Waals surface area contributed by atoms with E-state index in [1.165, 1.54) is 34.1 Å². The van der Waals surface area contributed by atoms with Crippen LogP contribution in [0.25, 0.3) is 0 Å². The first-order chi connectivity index (χ1) is 12.6. The Kier molecular flexibility index (Phi) is 5.57. The first-order valence-corrected chi connectivity index (χ1v) is 12.0. The lowest BCUT2D eigenvalue weighted by Gasteiger charge is -2.42. The van der Waals surface area contributed by atoms with Gasteiger partial charge in [-0.3, -0.25) is 0 Å². The smallest absolute Gasteiger partial charge is 0.243 e. The summed E-state index contributed by atoms with van der Waals surface area (Å²) < 4.78 is 63.5. The molecule has 0 aromatic heterocycles. The lowest BCUT2D eigenvalue weighted by molar-refractivity contribution is 0.0209. The van der Waals surface area contributed by atoms with E-state index < -0.39 is 20.0 Å². The van der Waals surface area contributed by atoms with E-state index in [1.807, 2.05) is 0 Å². The number of methoxy groups -OCH3 is 2. The van der Waals surface area contributed by atoms with Crippen LogP contribution >= 0.6 is 0 Å². The topological polar surface area (TPSA) is 93.2 Å². The van der Waals surface area contributed by atoms with Gasteiger partial charge < -0.3 is 9.47 Å². The molecule has 10 heteroatoms. The first-order valence-electron chi connectivity index (χ1n) is 8.71. The molecule has 0 spiro atoms. The normalized spacial score (nSPS) is 27.4. The van der Waals surface area contributed by atoms with Gasteiger partial charge in [0.1, 0.15) is 5.75 Å². The van der Waals surface area contributed by atoms with Gasteiger partial charge >= 0.3 is 0 Å². The van der Waals surface area contributed by atoms with Gasteiger partial charge in [0.2, 0.25) is 20.0 Å². The van der Waals surface area contributed by atoms with Crippen molar-refractivity contribution in [3.8, 4) is 5.75 Å². The molecule has 0 amide bonds. The summed E-state index contributed by atoms with van der Waals surface area (Å²) in [5, 5.41) is 0. The molecule has 3 rings (SSSR count). The first kappa shape index (κ1) is 20.5. The summed E-state index contributed by atoms with van der Waals surface area (Å²) in [7, 11) is -3.87. The molecule has 2 heterocycles. The van der Waals surface area contributed by atoms with Crippen molar-refractivity contribution in [3.05, 3.63) is 24.3 Å². The molecule has 1 aromatic rings. The zero-order valence-corrected chi connectivity index (χ0v) is 17.4. The van der Waals surface area contributed by atoms with Crippen molar-refractivity contribution < 1.29 is 26.3 Å². The highest BCUT2D eigenvalue weighted by molar-refractivity contribution is 7.89. The molecule has 27 heavy (non-hydrogen) atoms. The SMILES string of the molecule is COC[C@@]12CCN(S(=O)(=O)c3ccc(OC)cc3)C[C@@H]1CN(S(C)(=O)=O)C2. The molecule has 2 atom stereocenters. The van der Waals surface area contributed by atoms with Crippen LogP contribution in [0.3, 0.4) is 0 Å². The van der Waals surface area contributed by atoms with E-state index in [4.69, 9.17) is 9.47 Å². The third-order valence-corrected chi connectivity index (χ3v) is 8.76. The molecule has 2 aliphatic rings. The van der Waals surface area contributed by atoms with Gasteiger partial charge in [-0.25, -0.2) is 21.1 Å². The van der Waals surface area contributed by atoms with Crippen LogP contribution in [0.5, 0.6) is 5.75 Å². The molecule has 2 aliphatic heterocycles. The van der Waals surface area contributed by atoms with Gasteiger partial charge in [-0.15, -0.1) is 0 Å². The van der Waals surface area contributed by atoms with E-state index in [9.17, 15) is 16.8 Å². The molecule has 8 nitrogen and oxygen atoms in total. The predicted molar refractivity (Wildman–Crippen MR) is 101 cm³/mol. The molecule has 2 saturated heterocycles. The zero-order chi connectivity index (χ0) is 19.9. The van der Waals surface area contributed by atoms with E-state index in [-0.39, 0.29) is 22.8 Å². The zero-order valence-electron chi connectivity index (χ0n) is 15.8. The minimum Gasteiger partial charge on any atom is -0.497 e. The van der Waals surface area contributed by atoms with Gasteiger partial charge in [0.25, 0.3) is 0 Å². The number of hydrogen-bond acceptors (Lipinski definition) is 6. The fraction of sp³-hybridized carbons (Fsp3) is 0.647. The second-order valence-corrected chi connectivity index (χ2v) is 11.3. The number of fused-ring (bicyclic) bond motifs is 1. The molecule has 0 aliphatic carbocycles. The highest BCUT2D eigenvalue weighted by Gasteiger charge is 2.53. The lowest BCUT2D eigenvalue weighted by atomic mass is 9.74. The molecule has 0 N–H and O–H groups in total. The number of rotatable bonds is 6. The highest BCUT2D eigenvalue weighted by atomic mass is 32.2. The third kappa shape index (κ3) is 3.86. The molecule has 2 fully saturated rings. The summed E-state index contributed by atoms with van der Waals surface area (Å²) in [5.41, 5.74) is -0.343. The van der Waals surface area contributed by atoms with Crippen molar-refractivity contribution in [2.24, 2.45) is 11.3 Å². The van der Waals surface area contributed by atoms with Crippen molar-refractivity contribution >= 4 is 20.0 Å². The van der Waals surface area contributed by atoms with E-state index in [0.29, 0.717) is 38.4 Å². The second-order valence-electron chi connectivity index (χ2n) is 7.34. The van der Waals surface area contributed by atoms with Crippen LogP contribution < -0.4 is 4.74 Å². The molecule has 0 radical (unpaired) electrons. The van der Waals surface area contributed by atoms with Crippen LogP contribution in [0.2, 0.25) is 0 Å². The van der Waals surface area contributed by atoms with Crippen LogP contribution in [-0.4, -0.2) is 78.7 Å². The Morgan fingerprint density at radius 3 is 2.26 bits per heavy atom. The Balaban J connectivity index is 1.85. The van der Waals surface area contributed by atoms with Crippen LogP contribution in [0.1, 0.15) is 6.42 Å². The number of ether oxygens (including phenoxy) is 2. The Morgan fingerprint density at radius 2 is 1.70 bits per heavy atom. The lowest BCUT2D eigenvalue weighted by Crippen LogP contribution is -2.50. The summed E-state index contributed by atoms with van der Waals surface area (Å²) in [6.45, 7) is 1.73. The van der Waals surface area contributed by atoms with Crippen molar-refractivity contribution in [1.82, 2.24) is 8.61 Å². The molecule has 0 bridgehead atoms. The van der Waals surface area contributed by atoms with Gasteiger partial charge in [-0.1, -0.05) is 0 Å². The predicted octanol–water partition coefficient (Wildman–Crippen LogP) is 0.614. The van der Waals surface area contributed by atoms with Crippen molar-refractivity contribution in [3.63, 3.8) is 0 Å². The summed E-state index contributed by atoms with van der Waals surface area (Å²) >= 11 is 0. The molecule has 0 unspecified atom stereocenters. The summed E-state index contributed by atoms with van der Waals surface area (Å²) in [4.78, 5) is 0.209. The molecule has 152 valence electrons. The van der Waals surface area contributed by atoms with Gasteiger partial charge in [0, 0.05) is 38.7 Å². The molecule has 0 saturated carbocycles. The highest BCUT2D eigenvalue weighted by Crippen LogP contribution is 2.44. The van der Waals surface area contributed by atoms with Crippen LogP contribution in [0, 0.1) is 11.3 Å². The average molecular weight is 419 g/mol. The van der Waals surface area contributed by atoms with Gasteiger partial charge in [-0.05, 0) is 36.6 Å². The standard InChI is InChI=1S/C17H26N2O6S2/c1-24-13-17-8-9-18(10-14(17)11-19(12-17)26(3,20)21)27(22,23)16-6-4-15(25-2)5-7-16/h4-7,14H,8-13H2,1-3H3/t14-,17+/m1/s1. The largest absolute Gasteiger partial charge is 0.497 e. The van der Waals surface area contributed by atoms with Crippen molar-refractivity contribution in [2.75, 3.05) is 53.3 Å². The van der Waals surface area contributed by atoms with E-state index >= 15 is 0 Å². The van der Waals surface area contributed by atoms with Gasteiger partial charge in [0.15, 0.2) is 0 Å². The average Bonchev–Trinajstić information content (AvgIpc) is 3.01. The fourth-order valence-electron chi connectivity index (χ4n) is 4.09. The third-order valence-electron chi connectivity index (χ3n) is 5.66. The summed E-state index contributed by atoms with van der Waals surface area (Å²) in [5.74, 6) is 0.486. The number of nitrogens with zero attached hydrogens (tertiary/aromatic N) is 2. The maximum Gasteiger partial charge on any atom is 0.243 e. The minimum absolute atomic E-state index is 0.103. The Labute approximate surface area is 161 Å². The Hall–Kier alpha value is -1.20. The molecule has 1 aromatic carbocycles. The van der Waals surface area contributed by atoms with Crippen LogP contribution in [-0.2, 0) is 24.8 Å². The van der Waals surface area contributed by atoms with E-state index in [2.05, 4.69) is 0 Å². The quantitative estimate of drug-likeness (QED) is 0.672. The van der Waals surface area contributed by atoms with E-state index in [1.54, 1.807) is 19.2 Å². The summed E-state index contributed by atoms with van der Waals surface area (Å²) in [6, 6.07) is 6.30. The maximum absolute atomic E-state index is 13.0. The molecular formula is C17H26N2O6S2. The number of benzene rings is 1. The van der Waals surface area contributed by atoms with Crippen LogP contribution in [0.15, 0.2) is 29.2 Å². The van der Waals surface area contributed by atoms with E-state index in [0.717, 1.165) is 0 Å². The Bertz CT molecular complexity index is 885. The van der Waals surface area contributed by atoms with Gasteiger partial charge in [-0.2, -0.15) is 4.31 Å².